The summed E-state index contributed by atoms with van der Waals surface area (Å²) >= 11 is 0. The first-order valence-corrected chi connectivity index (χ1v) is 5.80. The molecule has 18 heavy (non-hydrogen) atoms. The minimum atomic E-state index is -0.642. The largest absolute Gasteiger partial charge is 0.493 e. The summed E-state index contributed by atoms with van der Waals surface area (Å²) in [4.78, 5) is 0. The van der Waals surface area contributed by atoms with Gasteiger partial charge in [-0.25, -0.2) is 0 Å². The van der Waals surface area contributed by atoms with Crippen LogP contribution in [0.4, 0.5) is 0 Å². The van der Waals surface area contributed by atoms with E-state index in [0.717, 1.165) is 5.56 Å². The smallest absolute Gasteiger partial charge is 0.161 e. The molecule has 2 aromatic rings. The van der Waals surface area contributed by atoms with Crippen LogP contribution in [0, 0.1) is 0 Å². The second-order valence-corrected chi connectivity index (χ2v) is 3.89. The van der Waals surface area contributed by atoms with Crippen molar-refractivity contribution >= 4 is 0 Å². The number of benzene rings is 2. The number of ether oxygens (including phenoxy) is 2. The molecule has 0 heterocycles. The highest BCUT2D eigenvalue weighted by atomic mass is 16.5. The van der Waals surface area contributed by atoms with E-state index in [1.54, 1.807) is 7.11 Å². The zero-order valence-electron chi connectivity index (χ0n) is 10.2. The minimum Gasteiger partial charge on any atom is -0.493 e. The van der Waals surface area contributed by atoms with Crippen molar-refractivity contribution in [1.82, 2.24) is 0 Å². The molecule has 0 aliphatic rings. The summed E-state index contributed by atoms with van der Waals surface area (Å²) in [6.45, 7) is 0.199. The van der Waals surface area contributed by atoms with E-state index in [1.165, 1.54) is 0 Å². The Bertz CT molecular complexity index is 482. The van der Waals surface area contributed by atoms with Crippen molar-refractivity contribution in [2.75, 3.05) is 13.7 Å². The zero-order chi connectivity index (χ0) is 12.8. The Kier molecular flexibility index (Phi) is 4.20. The first-order valence-electron chi connectivity index (χ1n) is 5.80. The highest BCUT2D eigenvalue weighted by Gasteiger charge is 2.09. The molecule has 0 radical (unpaired) electrons. The molecular weight excluding hydrogens is 228 g/mol. The highest BCUT2D eigenvalue weighted by Crippen LogP contribution is 2.26. The second-order valence-electron chi connectivity index (χ2n) is 3.89. The number of hydrogen-bond acceptors (Lipinski definition) is 3. The number of methoxy groups -OCH3 is 1. The van der Waals surface area contributed by atoms with Gasteiger partial charge in [-0.15, -0.1) is 0 Å². The maximum atomic E-state index is 9.98. The van der Waals surface area contributed by atoms with Crippen LogP contribution in [0.5, 0.6) is 11.5 Å². The van der Waals surface area contributed by atoms with Gasteiger partial charge in [-0.05, 0) is 17.7 Å². The van der Waals surface area contributed by atoms with Crippen molar-refractivity contribution in [3.8, 4) is 11.5 Å². The average molecular weight is 244 g/mol. The molecule has 0 fully saturated rings. The molecule has 0 saturated carbocycles. The van der Waals surface area contributed by atoms with Gasteiger partial charge in [-0.1, -0.05) is 42.5 Å². The molecule has 2 aromatic carbocycles. The molecule has 1 unspecified atom stereocenters. The highest BCUT2D eigenvalue weighted by molar-refractivity contribution is 5.39. The van der Waals surface area contributed by atoms with Gasteiger partial charge in [0.25, 0.3) is 0 Å². The predicted octanol–water partition coefficient (Wildman–Crippen LogP) is 2.81. The van der Waals surface area contributed by atoms with Crippen LogP contribution >= 0.6 is 0 Å². The normalized spacial score (nSPS) is 11.9. The lowest BCUT2D eigenvalue weighted by molar-refractivity contribution is 0.106. The molecule has 94 valence electrons. The van der Waals surface area contributed by atoms with Crippen LogP contribution in [0.1, 0.15) is 11.7 Å². The summed E-state index contributed by atoms with van der Waals surface area (Å²) in [6.07, 6.45) is -0.642. The standard InChI is InChI=1S/C15H16O3/c1-17-14-9-5-6-10-15(14)18-11-13(16)12-7-3-2-4-8-12/h2-10,13,16H,11H2,1H3. The van der Waals surface area contributed by atoms with E-state index in [-0.39, 0.29) is 6.61 Å². The topological polar surface area (TPSA) is 38.7 Å². The van der Waals surface area contributed by atoms with Gasteiger partial charge in [-0.2, -0.15) is 0 Å². The fraction of sp³-hybridized carbons (Fsp3) is 0.200. The zero-order valence-corrected chi connectivity index (χ0v) is 10.2. The van der Waals surface area contributed by atoms with Crippen LogP contribution in [-0.2, 0) is 0 Å². The van der Waals surface area contributed by atoms with Crippen LogP contribution in [-0.4, -0.2) is 18.8 Å². The molecule has 0 aliphatic heterocycles. The van der Waals surface area contributed by atoms with Gasteiger partial charge in [0.2, 0.25) is 0 Å². The Morgan fingerprint density at radius 2 is 1.56 bits per heavy atom. The lowest BCUT2D eigenvalue weighted by atomic mass is 10.1. The van der Waals surface area contributed by atoms with E-state index < -0.39 is 6.10 Å². The fourth-order valence-corrected chi connectivity index (χ4v) is 1.68. The van der Waals surface area contributed by atoms with Crippen LogP contribution < -0.4 is 9.47 Å². The molecule has 1 atom stereocenters. The molecule has 0 aromatic heterocycles. The third-order valence-electron chi connectivity index (χ3n) is 2.65. The molecule has 2 rings (SSSR count). The number of aliphatic hydroxyl groups is 1. The number of aliphatic hydroxyl groups excluding tert-OH is 1. The SMILES string of the molecule is COc1ccccc1OCC(O)c1ccccc1. The van der Waals surface area contributed by atoms with Gasteiger partial charge in [0.15, 0.2) is 11.5 Å². The Morgan fingerprint density at radius 1 is 0.944 bits per heavy atom. The minimum absolute atomic E-state index is 0.199. The molecular formula is C15H16O3. The van der Waals surface area contributed by atoms with Crippen molar-refractivity contribution in [2.24, 2.45) is 0 Å². The van der Waals surface area contributed by atoms with Gasteiger partial charge in [-0.3, -0.25) is 0 Å². The van der Waals surface area contributed by atoms with Crippen LogP contribution in [0.2, 0.25) is 0 Å². The first-order chi connectivity index (χ1) is 8.81. The predicted molar refractivity (Wildman–Crippen MR) is 69.9 cm³/mol. The molecule has 1 N–H and O–H groups in total. The van der Waals surface area contributed by atoms with E-state index in [4.69, 9.17) is 9.47 Å². The third-order valence-corrected chi connectivity index (χ3v) is 2.65. The van der Waals surface area contributed by atoms with E-state index in [2.05, 4.69) is 0 Å². The van der Waals surface area contributed by atoms with E-state index in [1.807, 2.05) is 54.6 Å². The molecule has 3 heteroatoms. The van der Waals surface area contributed by atoms with Crippen molar-refractivity contribution in [2.45, 2.75) is 6.10 Å². The van der Waals surface area contributed by atoms with Gasteiger partial charge in [0.1, 0.15) is 12.7 Å². The quantitative estimate of drug-likeness (QED) is 0.879. The van der Waals surface area contributed by atoms with E-state index in [9.17, 15) is 5.11 Å². The third kappa shape index (κ3) is 3.02. The number of hydrogen-bond donors (Lipinski definition) is 1. The summed E-state index contributed by atoms with van der Waals surface area (Å²) in [7, 11) is 1.59. The lowest BCUT2D eigenvalue weighted by Gasteiger charge is -2.14. The summed E-state index contributed by atoms with van der Waals surface area (Å²) in [5, 5.41) is 9.98. The summed E-state index contributed by atoms with van der Waals surface area (Å²) in [5.74, 6) is 1.30. The molecule has 0 aliphatic carbocycles. The fourth-order valence-electron chi connectivity index (χ4n) is 1.68. The molecule has 3 nitrogen and oxygen atoms in total. The summed E-state index contributed by atoms with van der Waals surface area (Å²) < 4.78 is 10.7. The van der Waals surface area contributed by atoms with Crippen molar-refractivity contribution < 1.29 is 14.6 Å². The lowest BCUT2D eigenvalue weighted by Crippen LogP contribution is -2.10. The van der Waals surface area contributed by atoms with E-state index in [0.29, 0.717) is 11.5 Å². The summed E-state index contributed by atoms with van der Waals surface area (Å²) in [5.41, 5.74) is 0.840. The average Bonchev–Trinajstić information content (AvgIpc) is 2.46. The Labute approximate surface area is 107 Å². The maximum absolute atomic E-state index is 9.98. The molecule has 0 saturated heterocycles. The van der Waals surface area contributed by atoms with Crippen molar-refractivity contribution in [1.29, 1.82) is 0 Å². The van der Waals surface area contributed by atoms with Gasteiger partial charge in [0, 0.05) is 0 Å². The van der Waals surface area contributed by atoms with Gasteiger partial charge < -0.3 is 14.6 Å². The van der Waals surface area contributed by atoms with Crippen molar-refractivity contribution in [3.05, 3.63) is 60.2 Å². The van der Waals surface area contributed by atoms with Gasteiger partial charge >= 0.3 is 0 Å². The first kappa shape index (κ1) is 12.5. The monoisotopic (exact) mass is 244 g/mol. The van der Waals surface area contributed by atoms with Crippen molar-refractivity contribution in [3.63, 3.8) is 0 Å². The number of rotatable bonds is 5. The Hall–Kier alpha value is -2.00. The second kappa shape index (κ2) is 6.07. The Morgan fingerprint density at radius 3 is 2.22 bits per heavy atom. The molecule has 0 bridgehead atoms. The Balaban J connectivity index is 1.99. The van der Waals surface area contributed by atoms with Crippen LogP contribution in [0.15, 0.2) is 54.6 Å². The van der Waals surface area contributed by atoms with E-state index >= 15 is 0 Å². The van der Waals surface area contributed by atoms with Crippen LogP contribution in [0.25, 0.3) is 0 Å². The number of para-hydroxylation sites is 2. The summed E-state index contributed by atoms with van der Waals surface area (Å²) in [6, 6.07) is 16.8. The van der Waals surface area contributed by atoms with Gasteiger partial charge in [0.05, 0.1) is 7.11 Å². The molecule has 0 spiro atoms. The molecule has 0 amide bonds. The van der Waals surface area contributed by atoms with Crippen LogP contribution in [0.3, 0.4) is 0 Å². The maximum Gasteiger partial charge on any atom is 0.161 e.